The first-order valence-electron chi connectivity index (χ1n) is 6.27. The van der Waals surface area contributed by atoms with E-state index in [4.69, 9.17) is 0 Å². The van der Waals surface area contributed by atoms with Crippen molar-refractivity contribution in [3.05, 3.63) is 0 Å². The lowest BCUT2D eigenvalue weighted by Crippen LogP contribution is -2.43. The van der Waals surface area contributed by atoms with E-state index in [9.17, 15) is 4.79 Å². The van der Waals surface area contributed by atoms with Crippen LogP contribution in [0.25, 0.3) is 0 Å². The van der Waals surface area contributed by atoms with Gasteiger partial charge >= 0.3 is 0 Å². The minimum Gasteiger partial charge on any atom is -0.353 e. The lowest BCUT2D eigenvalue weighted by Gasteiger charge is -2.33. The Hall–Kier alpha value is -0.570. The highest BCUT2D eigenvalue weighted by atomic mass is 16.1. The van der Waals surface area contributed by atoms with Crippen molar-refractivity contribution in [2.24, 2.45) is 23.7 Å². The number of hydrogen-bond donors (Lipinski definition) is 2. The molecule has 6 unspecified atom stereocenters. The molecule has 0 aromatic heterocycles. The molecular formula is C12H18N2O. The average Bonchev–Trinajstić information content (AvgIpc) is 2.58. The summed E-state index contributed by atoms with van der Waals surface area (Å²) in [5, 5.41) is 6.74. The average molecular weight is 206 g/mol. The molecule has 1 saturated heterocycles. The molecule has 0 aromatic rings. The number of nitrogens with one attached hydrogen (secondary N) is 2. The van der Waals surface area contributed by atoms with Crippen LogP contribution in [0.5, 0.6) is 0 Å². The molecule has 3 nitrogen and oxygen atoms in total. The van der Waals surface area contributed by atoms with Crippen molar-refractivity contribution in [2.75, 3.05) is 0 Å². The monoisotopic (exact) mass is 206 g/mol. The van der Waals surface area contributed by atoms with E-state index in [1.54, 1.807) is 6.92 Å². The Morgan fingerprint density at radius 2 is 2.13 bits per heavy atom. The van der Waals surface area contributed by atoms with E-state index in [2.05, 4.69) is 10.6 Å². The van der Waals surface area contributed by atoms with Gasteiger partial charge in [-0.05, 0) is 42.9 Å². The summed E-state index contributed by atoms with van der Waals surface area (Å²) in [5.41, 5.74) is 0. The molecule has 3 saturated carbocycles. The quantitative estimate of drug-likeness (QED) is 0.614. The van der Waals surface area contributed by atoms with Crippen LogP contribution in [0.4, 0.5) is 0 Å². The van der Waals surface area contributed by atoms with Crippen molar-refractivity contribution in [1.29, 1.82) is 0 Å². The number of fused-ring (bicyclic) bond motifs is 7. The minimum atomic E-state index is 0.155. The van der Waals surface area contributed by atoms with E-state index in [-0.39, 0.29) is 5.91 Å². The molecule has 1 amide bonds. The Morgan fingerprint density at radius 3 is 2.93 bits per heavy atom. The van der Waals surface area contributed by atoms with E-state index in [0.717, 1.165) is 35.8 Å². The zero-order chi connectivity index (χ0) is 10.2. The van der Waals surface area contributed by atoms with Crippen LogP contribution in [0, 0.1) is 23.7 Å². The van der Waals surface area contributed by atoms with Gasteiger partial charge in [0.15, 0.2) is 0 Å². The van der Waals surface area contributed by atoms with Gasteiger partial charge in [-0.3, -0.25) is 4.79 Å². The highest BCUT2D eigenvalue weighted by Crippen LogP contribution is 2.61. The third kappa shape index (κ3) is 1.02. The summed E-state index contributed by atoms with van der Waals surface area (Å²) < 4.78 is 0. The molecule has 4 fully saturated rings. The first-order valence-corrected chi connectivity index (χ1v) is 6.27. The van der Waals surface area contributed by atoms with Gasteiger partial charge in [0, 0.05) is 25.0 Å². The maximum absolute atomic E-state index is 11.1. The SMILES string of the molecule is CC(=O)NC1CC2CC1C1C2CC2N[C@H]21. The highest BCUT2D eigenvalue weighted by molar-refractivity contribution is 5.73. The molecule has 0 spiro atoms. The van der Waals surface area contributed by atoms with Gasteiger partial charge in [-0.15, -0.1) is 0 Å². The molecule has 4 aliphatic rings. The zero-order valence-corrected chi connectivity index (χ0v) is 9.07. The molecule has 2 N–H and O–H groups in total. The fourth-order valence-electron chi connectivity index (χ4n) is 4.91. The molecule has 3 heteroatoms. The molecule has 0 radical (unpaired) electrons. The predicted molar refractivity (Wildman–Crippen MR) is 56.1 cm³/mol. The first kappa shape index (κ1) is 8.57. The van der Waals surface area contributed by atoms with Crippen LogP contribution >= 0.6 is 0 Å². The van der Waals surface area contributed by atoms with Gasteiger partial charge in [-0.1, -0.05) is 0 Å². The fourth-order valence-corrected chi connectivity index (χ4v) is 4.91. The van der Waals surface area contributed by atoms with Crippen LogP contribution in [-0.4, -0.2) is 24.0 Å². The molecule has 3 aliphatic carbocycles. The van der Waals surface area contributed by atoms with Crippen molar-refractivity contribution >= 4 is 5.91 Å². The van der Waals surface area contributed by atoms with Crippen LogP contribution in [0.2, 0.25) is 0 Å². The Morgan fingerprint density at radius 1 is 1.27 bits per heavy atom. The van der Waals surface area contributed by atoms with Gasteiger partial charge in [0.25, 0.3) is 0 Å². The standard InChI is InChI=1S/C12H18N2O/c1-5(15)13-9-3-6-2-8(9)11-7(6)4-10-12(11)14-10/h6-12,14H,2-4H2,1H3,(H,13,15)/t6?,7?,8?,9?,10?,11?,12-/m1/s1. The molecule has 1 aliphatic heterocycles. The maximum atomic E-state index is 11.1. The highest BCUT2D eigenvalue weighted by Gasteiger charge is 2.65. The van der Waals surface area contributed by atoms with E-state index >= 15 is 0 Å². The lowest BCUT2D eigenvalue weighted by molar-refractivity contribution is -0.120. The first-order chi connectivity index (χ1) is 7.24. The van der Waals surface area contributed by atoms with E-state index in [0.29, 0.717) is 6.04 Å². The van der Waals surface area contributed by atoms with Gasteiger partial charge in [0.2, 0.25) is 5.91 Å². The number of rotatable bonds is 1. The van der Waals surface area contributed by atoms with Gasteiger partial charge < -0.3 is 10.6 Å². The summed E-state index contributed by atoms with van der Waals surface area (Å²) >= 11 is 0. The lowest BCUT2D eigenvalue weighted by atomic mass is 9.78. The zero-order valence-electron chi connectivity index (χ0n) is 9.07. The smallest absolute Gasteiger partial charge is 0.217 e. The Bertz CT molecular complexity index is 330. The van der Waals surface area contributed by atoms with Crippen molar-refractivity contribution in [2.45, 2.75) is 44.3 Å². The van der Waals surface area contributed by atoms with Crippen molar-refractivity contribution < 1.29 is 4.79 Å². The van der Waals surface area contributed by atoms with Crippen LogP contribution in [-0.2, 0) is 4.79 Å². The second-order valence-corrected chi connectivity index (χ2v) is 5.98. The van der Waals surface area contributed by atoms with Crippen LogP contribution < -0.4 is 10.6 Å². The van der Waals surface area contributed by atoms with E-state index in [1.807, 2.05) is 0 Å². The van der Waals surface area contributed by atoms with Gasteiger partial charge in [-0.25, -0.2) is 0 Å². The summed E-state index contributed by atoms with van der Waals surface area (Å²) in [4.78, 5) is 11.1. The minimum absolute atomic E-state index is 0.155. The third-order valence-corrected chi connectivity index (χ3v) is 5.30. The van der Waals surface area contributed by atoms with E-state index < -0.39 is 0 Å². The third-order valence-electron chi connectivity index (χ3n) is 5.30. The molecule has 1 heterocycles. The molecule has 4 rings (SSSR count). The van der Waals surface area contributed by atoms with Crippen molar-refractivity contribution in [3.63, 3.8) is 0 Å². The maximum Gasteiger partial charge on any atom is 0.217 e. The number of hydrogen-bond acceptors (Lipinski definition) is 2. The normalized spacial score (nSPS) is 58.9. The van der Waals surface area contributed by atoms with Crippen molar-refractivity contribution in [3.8, 4) is 0 Å². The second-order valence-electron chi connectivity index (χ2n) is 5.98. The molecular weight excluding hydrogens is 188 g/mol. The fraction of sp³-hybridized carbons (Fsp3) is 0.917. The van der Waals surface area contributed by atoms with Crippen LogP contribution in [0.15, 0.2) is 0 Å². The number of piperidine rings is 1. The summed E-state index contributed by atoms with van der Waals surface area (Å²) in [6.45, 7) is 1.65. The molecule has 15 heavy (non-hydrogen) atoms. The van der Waals surface area contributed by atoms with Gasteiger partial charge in [-0.2, -0.15) is 0 Å². The Balaban J connectivity index is 1.57. The van der Waals surface area contributed by atoms with Gasteiger partial charge in [0.05, 0.1) is 0 Å². The number of amides is 1. The molecule has 7 atom stereocenters. The van der Waals surface area contributed by atoms with Crippen molar-refractivity contribution in [1.82, 2.24) is 10.6 Å². The topological polar surface area (TPSA) is 51.0 Å². The number of carbonyl (C=O) groups is 1. The van der Waals surface area contributed by atoms with Crippen LogP contribution in [0.3, 0.4) is 0 Å². The Labute approximate surface area is 90.0 Å². The molecule has 2 bridgehead atoms. The largest absolute Gasteiger partial charge is 0.353 e. The second kappa shape index (κ2) is 2.57. The van der Waals surface area contributed by atoms with Crippen LogP contribution in [0.1, 0.15) is 26.2 Å². The summed E-state index contributed by atoms with van der Waals surface area (Å²) in [6, 6.07) is 2.16. The Kier molecular flexibility index (Phi) is 1.47. The summed E-state index contributed by atoms with van der Waals surface area (Å²) in [6.07, 6.45) is 4.05. The molecule has 82 valence electrons. The summed E-state index contributed by atoms with van der Waals surface area (Å²) in [7, 11) is 0. The number of carbonyl (C=O) groups excluding carboxylic acids is 1. The van der Waals surface area contributed by atoms with Gasteiger partial charge in [0.1, 0.15) is 0 Å². The molecule has 0 aromatic carbocycles. The van der Waals surface area contributed by atoms with E-state index in [1.165, 1.54) is 19.3 Å². The summed E-state index contributed by atoms with van der Waals surface area (Å²) in [5.74, 6) is 3.75. The predicted octanol–water partition coefficient (Wildman–Crippen LogP) is 0.507.